The van der Waals surface area contributed by atoms with Crippen LogP contribution in [0.15, 0.2) is 18.0 Å². The van der Waals surface area contributed by atoms with Crippen LogP contribution in [0.4, 0.5) is 5.13 Å². The minimum atomic E-state index is 0.424. The first-order valence-electron chi connectivity index (χ1n) is 4.58. The Hall–Kier alpha value is -0.830. The maximum atomic E-state index is 4.42. The summed E-state index contributed by atoms with van der Waals surface area (Å²) in [6.45, 7) is 7.96. The highest BCUT2D eigenvalue weighted by Gasteiger charge is 2.03. The van der Waals surface area contributed by atoms with Crippen LogP contribution in [0.1, 0.15) is 26.0 Å². The maximum absolute atomic E-state index is 4.42. The molecule has 0 fully saturated rings. The number of anilines is 1. The van der Waals surface area contributed by atoms with Crippen LogP contribution in [0.25, 0.3) is 0 Å². The lowest BCUT2D eigenvalue weighted by Crippen LogP contribution is -2.13. The quantitative estimate of drug-likeness (QED) is 0.732. The van der Waals surface area contributed by atoms with Gasteiger partial charge in [0.15, 0.2) is 5.13 Å². The molecule has 1 heterocycles. The monoisotopic (exact) mass is 196 g/mol. The average Bonchev–Trinajstić information content (AvgIpc) is 2.52. The Bertz CT molecular complexity index is 268. The molecule has 1 atom stereocenters. The van der Waals surface area contributed by atoms with E-state index in [2.05, 4.69) is 36.1 Å². The Morgan fingerprint density at radius 2 is 2.54 bits per heavy atom. The van der Waals surface area contributed by atoms with Gasteiger partial charge in [0, 0.05) is 11.4 Å². The van der Waals surface area contributed by atoms with Gasteiger partial charge in [0.2, 0.25) is 0 Å². The van der Waals surface area contributed by atoms with Gasteiger partial charge in [-0.15, -0.1) is 17.9 Å². The molecule has 0 spiro atoms. The molecule has 1 aromatic rings. The van der Waals surface area contributed by atoms with Crippen LogP contribution >= 0.6 is 11.3 Å². The minimum absolute atomic E-state index is 0.424. The zero-order valence-corrected chi connectivity index (χ0v) is 9.03. The van der Waals surface area contributed by atoms with E-state index in [1.165, 1.54) is 5.69 Å². The third kappa shape index (κ3) is 3.19. The van der Waals surface area contributed by atoms with E-state index in [-0.39, 0.29) is 0 Å². The first-order chi connectivity index (χ1) is 6.26. The standard InChI is InChI=1S/C10H16N2S/c1-4-6-8(3)11-10-12-9(5-2)7-13-10/h4,7-8H,1,5-6H2,2-3H3,(H,11,12). The summed E-state index contributed by atoms with van der Waals surface area (Å²) in [5, 5.41) is 6.45. The number of hydrogen-bond acceptors (Lipinski definition) is 3. The van der Waals surface area contributed by atoms with Crippen molar-refractivity contribution in [3.8, 4) is 0 Å². The van der Waals surface area contributed by atoms with Crippen molar-refractivity contribution in [1.82, 2.24) is 4.98 Å². The first kappa shape index (κ1) is 10.3. The smallest absolute Gasteiger partial charge is 0.183 e. The van der Waals surface area contributed by atoms with Gasteiger partial charge in [-0.1, -0.05) is 13.0 Å². The van der Waals surface area contributed by atoms with Crippen LogP contribution in [0.5, 0.6) is 0 Å². The Morgan fingerprint density at radius 1 is 1.77 bits per heavy atom. The van der Waals surface area contributed by atoms with Gasteiger partial charge >= 0.3 is 0 Å². The van der Waals surface area contributed by atoms with Gasteiger partial charge in [-0.25, -0.2) is 4.98 Å². The predicted octanol–water partition coefficient (Wildman–Crippen LogP) is 3.08. The SMILES string of the molecule is C=CCC(C)Nc1nc(CC)cs1. The van der Waals surface area contributed by atoms with Gasteiger partial charge in [-0.2, -0.15) is 0 Å². The fourth-order valence-corrected chi connectivity index (χ4v) is 1.96. The highest BCUT2D eigenvalue weighted by molar-refractivity contribution is 7.13. The Kier molecular flexibility index (Phi) is 3.96. The highest BCUT2D eigenvalue weighted by Crippen LogP contribution is 2.17. The number of hydrogen-bond donors (Lipinski definition) is 1. The van der Waals surface area contributed by atoms with Crippen molar-refractivity contribution < 1.29 is 0 Å². The molecule has 0 aliphatic rings. The molecule has 0 bridgehead atoms. The van der Waals surface area contributed by atoms with E-state index in [0.29, 0.717) is 6.04 Å². The molecule has 0 saturated heterocycles. The number of nitrogens with zero attached hydrogens (tertiary/aromatic N) is 1. The Balaban J connectivity index is 2.48. The second-order valence-corrected chi connectivity index (χ2v) is 3.93. The topological polar surface area (TPSA) is 24.9 Å². The number of thiazole rings is 1. The molecule has 0 amide bonds. The van der Waals surface area contributed by atoms with E-state index < -0.39 is 0 Å². The molecule has 1 unspecified atom stereocenters. The van der Waals surface area contributed by atoms with Crippen molar-refractivity contribution in [2.24, 2.45) is 0 Å². The van der Waals surface area contributed by atoms with Gasteiger partial charge in [-0.05, 0) is 19.8 Å². The average molecular weight is 196 g/mol. The van der Waals surface area contributed by atoms with E-state index >= 15 is 0 Å². The largest absolute Gasteiger partial charge is 0.359 e. The summed E-state index contributed by atoms with van der Waals surface area (Å²) < 4.78 is 0. The summed E-state index contributed by atoms with van der Waals surface area (Å²) in [7, 11) is 0. The number of nitrogens with one attached hydrogen (secondary N) is 1. The van der Waals surface area contributed by atoms with E-state index in [1.54, 1.807) is 11.3 Å². The predicted molar refractivity (Wildman–Crippen MR) is 59.4 cm³/mol. The van der Waals surface area contributed by atoms with Gasteiger partial charge in [0.05, 0.1) is 5.69 Å². The van der Waals surface area contributed by atoms with Gasteiger partial charge < -0.3 is 5.32 Å². The van der Waals surface area contributed by atoms with Crippen molar-refractivity contribution >= 4 is 16.5 Å². The second-order valence-electron chi connectivity index (χ2n) is 3.07. The van der Waals surface area contributed by atoms with Crippen LogP contribution in [-0.2, 0) is 6.42 Å². The van der Waals surface area contributed by atoms with Crippen LogP contribution < -0.4 is 5.32 Å². The third-order valence-electron chi connectivity index (χ3n) is 1.80. The summed E-state index contributed by atoms with van der Waals surface area (Å²) in [4.78, 5) is 4.42. The lowest BCUT2D eigenvalue weighted by Gasteiger charge is -2.09. The van der Waals surface area contributed by atoms with Crippen molar-refractivity contribution in [2.45, 2.75) is 32.7 Å². The van der Waals surface area contributed by atoms with Crippen LogP contribution in [-0.4, -0.2) is 11.0 Å². The molecule has 0 aromatic carbocycles. The molecule has 1 N–H and O–H groups in total. The summed E-state index contributed by atoms with van der Waals surface area (Å²) in [6.07, 6.45) is 3.90. The van der Waals surface area contributed by atoms with Crippen molar-refractivity contribution in [1.29, 1.82) is 0 Å². The number of rotatable bonds is 5. The molecular weight excluding hydrogens is 180 g/mol. The first-order valence-corrected chi connectivity index (χ1v) is 5.46. The molecule has 0 aliphatic heterocycles. The van der Waals surface area contributed by atoms with Crippen molar-refractivity contribution in [3.05, 3.63) is 23.7 Å². The van der Waals surface area contributed by atoms with Crippen molar-refractivity contribution in [3.63, 3.8) is 0 Å². The van der Waals surface area contributed by atoms with Gasteiger partial charge in [-0.3, -0.25) is 0 Å². The lowest BCUT2D eigenvalue weighted by atomic mass is 10.2. The molecule has 3 heteroatoms. The van der Waals surface area contributed by atoms with Crippen molar-refractivity contribution in [2.75, 3.05) is 5.32 Å². The maximum Gasteiger partial charge on any atom is 0.183 e. The fraction of sp³-hybridized carbons (Fsp3) is 0.500. The zero-order chi connectivity index (χ0) is 9.68. The van der Waals surface area contributed by atoms with Crippen LogP contribution in [0.3, 0.4) is 0 Å². The minimum Gasteiger partial charge on any atom is -0.359 e. The normalized spacial score (nSPS) is 12.5. The second kappa shape index (κ2) is 5.02. The summed E-state index contributed by atoms with van der Waals surface area (Å²) in [5.41, 5.74) is 1.17. The van der Waals surface area contributed by atoms with Crippen LogP contribution in [0, 0.1) is 0 Å². The molecule has 1 rings (SSSR count). The molecule has 0 radical (unpaired) electrons. The van der Waals surface area contributed by atoms with E-state index in [1.807, 2.05) is 6.08 Å². The summed E-state index contributed by atoms with van der Waals surface area (Å²) in [6, 6.07) is 0.424. The molecule has 72 valence electrons. The van der Waals surface area contributed by atoms with E-state index in [4.69, 9.17) is 0 Å². The van der Waals surface area contributed by atoms with Crippen LogP contribution in [0.2, 0.25) is 0 Å². The summed E-state index contributed by atoms with van der Waals surface area (Å²) >= 11 is 1.67. The van der Waals surface area contributed by atoms with Gasteiger partial charge in [0.1, 0.15) is 0 Å². The van der Waals surface area contributed by atoms with Gasteiger partial charge in [0.25, 0.3) is 0 Å². The molecule has 0 aliphatic carbocycles. The number of aryl methyl sites for hydroxylation is 1. The molecule has 0 saturated carbocycles. The summed E-state index contributed by atoms with van der Waals surface area (Å²) in [5.74, 6) is 0. The third-order valence-corrected chi connectivity index (χ3v) is 2.63. The Labute approximate surface area is 83.7 Å². The molecule has 13 heavy (non-hydrogen) atoms. The Morgan fingerprint density at radius 3 is 3.08 bits per heavy atom. The zero-order valence-electron chi connectivity index (χ0n) is 8.21. The van der Waals surface area contributed by atoms with E-state index in [9.17, 15) is 0 Å². The molecule has 1 aromatic heterocycles. The molecular formula is C10H16N2S. The van der Waals surface area contributed by atoms with E-state index in [0.717, 1.165) is 18.0 Å². The molecule has 2 nitrogen and oxygen atoms in total. The lowest BCUT2D eigenvalue weighted by molar-refractivity contribution is 0.810. The highest BCUT2D eigenvalue weighted by atomic mass is 32.1. The number of aromatic nitrogens is 1. The fourth-order valence-electron chi connectivity index (χ4n) is 1.06.